The highest BCUT2D eigenvalue weighted by atomic mass is 35.5. The minimum absolute atomic E-state index is 0. The zero-order valence-corrected chi connectivity index (χ0v) is 87.9. The number of hydrogen-bond donors (Lipinski definition) is 8. The van der Waals surface area contributed by atoms with Crippen molar-refractivity contribution >= 4 is 57.8 Å². The quantitative estimate of drug-likeness (QED) is 0.0110. The van der Waals surface area contributed by atoms with E-state index in [4.69, 9.17) is 52.9 Å². The number of fused-ring (bicyclic) bond motifs is 6. The second-order valence-corrected chi connectivity index (χ2v) is 46.9. The fraction of sp³-hybridized carbons (Fsp3) is 0.534. The van der Waals surface area contributed by atoms with E-state index in [0.29, 0.717) is 146 Å². The zero-order chi connectivity index (χ0) is 95.4. The lowest BCUT2D eigenvalue weighted by molar-refractivity contribution is -0.978. The highest BCUT2D eigenvalue weighted by Gasteiger charge is 2.58. The summed E-state index contributed by atoms with van der Waals surface area (Å²) in [7, 11) is 9.68. The van der Waals surface area contributed by atoms with E-state index in [-0.39, 0.29) is 84.6 Å². The van der Waals surface area contributed by atoms with Crippen molar-refractivity contribution in [2.75, 3.05) is 53.5 Å². The standard InChI is InChI=1S/C116H141N11O10S2.ClH.5H2O/c1-69(128)119-97-25-21-91-45-103(132-3)107(134-5)109(136-7)105(91)93-23-27-99(101(130)47-95(93)97)121-123-111(138)125(115-55-85-39-86(56-115)41-87(40-85)57-115)63-73-15-11-19-77(31-73)67-127(65-75-17-9-13-71(29-75)61-117-113-49-79-33-80(50-113)35-81(34-79)51-113,66-76-18-10-14-72(30-76)62-118-114-52-82-36-83(53-114)38-84(37-82)54-114)68-78-20-12-16-74(32-78)64-126(116-58-88-42-89(59-116)44-90(43-88)60-116)112(139)124-122-100-28-24-94-96(48-102(100)131)98(120-70(2)129)26-22-92-46-104(133-4)108(135-6)110(137-8)106(92)94;;;;;;/h9-20,23-24,27-32,45-48,79-90,97-98,117-118H,21-22,25-26,33-44,49-68H2,1-8H3,(H5-,119,120,121,122,123,124,128,129,130,131,138,139);1H;5*1H2/t79?,80?,81?,82?,83?,84?,85?,86?,87?,88?,89?,90?,97-,98-,113?,114?,115?,116?,127?;;;;;;/m0....../s1. The van der Waals surface area contributed by atoms with Gasteiger partial charge in [-0.2, -0.15) is 0 Å². The summed E-state index contributed by atoms with van der Waals surface area (Å²) in [6.07, 6.45) is 32.5. The van der Waals surface area contributed by atoms with E-state index in [1.807, 2.05) is 36.4 Å². The Kier molecular flexibility index (Phi) is 32.6. The van der Waals surface area contributed by atoms with Crippen LogP contribution < -0.4 is 94.7 Å². The number of aryl methyl sites for hydroxylation is 2. The van der Waals surface area contributed by atoms with Crippen molar-refractivity contribution in [2.24, 2.45) is 71.0 Å². The summed E-state index contributed by atoms with van der Waals surface area (Å²) in [4.78, 5) is 61.5. The average Bonchev–Trinajstić information content (AvgIpc) is 1.77. The molecule has 16 bridgehead atoms. The van der Waals surface area contributed by atoms with Crippen LogP contribution >= 0.6 is 24.4 Å². The fourth-order valence-corrected chi connectivity index (χ4v) is 33.1. The van der Waals surface area contributed by atoms with Gasteiger partial charge in [0.15, 0.2) is 33.2 Å². The van der Waals surface area contributed by atoms with Crippen LogP contribution in [0.4, 0.5) is 11.4 Å². The number of amides is 2. The van der Waals surface area contributed by atoms with Gasteiger partial charge in [0.2, 0.25) is 34.2 Å². The highest BCUT2D eigenvalue weighted by molar-refractivity contribution is 7.80. The Morgan fingerprint density at radius 1 is 0.366 bits per heavy atom. The zero-order valence-electron chi connectivity index (χ0n) is 85.5. The van der Waals surface area contributed by atoms with Gasteiger partial charge in [-0.15, -0.1) is 0 Å². The lowest BCUT2D eigenvalue weighted by atomic mass is 9.52. The van der Waals surface area contributed by atoms with Gasteiger partial charge in [0.05, 0.1) is 54.7 Å². The van der Waals surface area contributed by atoms with Gasteiger partial charge in [0.25, 0.3) is 0 Å². The minimum atomic E-state index is -0.472. The molecule has 145 heavy (non-hydrogen) atoms. The minimum Gasteiger partial charge on any atom is -1.00 e. The predicted molar refractivity (Wildman–Crippen MR) is 571 cm³/mol. The lowest BCUT2D eigenvalue weighted by Gasteiger charge is -2.61. The third kappa shape index (κ3) is 21.6. The molecule has 0 aliphatic heterocycles. The van der Waals surface area contributed by atoms with Crippen molar-refractivity contribution in [1.82, 2.24) is 41.9 Å². The van der Waals surface area contributed by atoms with Crippen molar-refractivity contribution in [1.29, 1.82) is 0 Å². The van der Waals surface area contributed by atoms with Crippen molar-refractivity contribution in [3.63, 3.8) is 0 Å². The van der Waals surface area contributed by atoms with Gasteiger partial charge in [-0.25, -0.2) is 0 Å². The number of hydrogen-bond acceptors (Lipinski definition) is 16. The smallest absolute Gasteiger partial charge is 0.217 e. The number of benzene rings is 6. The number of methoxy groups -OCH3 is 6. The van der Waals surface area contributed by atoms with Crippen LogP contribution in [0, 0.1) is 71.0 Å². The molecule has 18 N–H and O–H groups in total. The van der Waals surface area contributed by atoms with Gasteiger partial charge >= 0.3 is 0 Å². The van der Waals surface area contributed by atoms with E-state index in [1.54, 1.807) is 54.8 Å². The highest BCUT2D eigenvalue weighted by Crippen LogP contribution is 2.63. The van der Waals surface area contributed by atoms with Gasteiger partial charge in [-0.05, 0) is 392 Å². The predicted octanol–water partition coefficient (Wildman–Crippen LogP) is 13.3. The first-order valence-corrected chi connectivity index (χ1v) is 53.1. The van der Waals surface area contributed by atoms with Crippen LogP contribution in [0.2, 0.25) is 0 Å². The van der Waals surface area contributed by atoms with Crippen LogP contribution in [-0.2, 0) is 74.8 Å². The maximum Gasteiger partial charge on any atom is 0.217 e. The molecule has 18 aliphatic rings. The molecule has 0 unspecified atom stereocenters. The largest absolute Gasteiger partial charge is 1.00 e. The van der Waals surface area contributed by atoms with Crippen molar-refractivity contribution in [3.8, 4) is 56.8 Å². The molecule has 29 heteroatoms. The summed E-state index contributed by atoms with van der Waals surface area (Å²) in [5.74, 6) is 11.3. The summed E-state index contributed by atoms with van der Waals surface area (Å²) in [6.45, 7) is 8.88. The number of halogens is 1. The molecular formula is C116H152ClN11O15S2. The van der Waals surface area contributed by atoms with Crippen LogP contribution in [-0.4, -0.2) is 129 Å². The molecule has 16 saturated carbocycles. The first kappa shape index (κ1) is 108. The summed E-state index contributed by atoms with van der Waals surface area (Å²) in [5, 5.41) is 16.2. The Morgan fingerprint density at radius 2 is 0.648 bits per heavy atom. The number of hydrazine groups is 2. The SMILES string of the molecule is COc1cc2c(c(OC)c1OC)-c1ccc(NNC(=S)N(Cc3cccc(C[N+](Cc4cccc(CNC56CC7CC(CC(C7)C5)C6)c4)(Cc4cccc(CNC56CC7CC(CC(C7)C5)C6)c4)Cc4cccc(CN(C(=S)NNc5ccc6c(cc5=O)[C@@H](NC(C)=O)CCc5cc(OC)c(OC)c(OC)c5-6)C56CC7CC(CC(C7)C5)C6)c4)c3)C34CC5CC(CC(C5)C3)C4)c(=O)cc1[C@@H](NC(C)=O)CC2.O.O.O.O.O.[Cl-]. The van der Waals surface area contributed by atoms with E-state index < -0.39 is 12.1 Å². The number of quaternary nitrogens is 1. The van der Waals surface area contributed by atoms with Crippen molar-refractivity contribution < 1.29 is 82.3 Å². The lowest BCUT2D eigenvalue weighted by Crippen LogP contribution is -3.00. The molecule has 0 heterocycles. The molecular weight excluding hydrogens is 1890 g/mol. The second kappa shape index (κ2) is 43.9. The molecule has 8 aromatic rings. The van der Waals surface area contributed by atoms with E-state index in [0.717, 1.165) is 147 Å². The van der Waals surface area contributed by atoms with Crippen molar-refractivity contribution in [2.45, 2.75) is 280 Å². The molecule has 26 nitrogen and oxygen atoms in total. The molecule has 0 spiro atoms. The summed E-state index contributed by atoms with van der Waals surface area (Å²) in [5.41, 5.74) is 30.7. The molecule has 2 atom stereocenters. The summed E-state index contributed by atoms with van der Waals surface area (Å²) in [6, 6.07) is 52.3. The third-order valence-corrected chi connectivity index (χ3v) is 36.9. The molecule has 8 aromatic carbocycles. The van der Waals surface area contributed by atoms with Crippen LogP contribution in [0.5, 0.6) is 34.5 Å². The maximum absolute atomic E-state index is 15.1. The Morgan fingerprint density at radius 3 is 0.938 bits per heavy atom. The molecule has 0 radical (unpaired) electrons. The number of thiocarbonyl (C=S) groups is 2. The topological polar surface area (TPSA) is 384 Å². The normalized spacial score (nSPS) is 28.1. The molecule has 0 saturated heterocycles. The number of ether oxygens (including phenoxy) is 6. The van der Waals surface area contributed by atoms with E-state index in [1.165, 1.54) is 174 Å². The molecule has 16 fully saturated rings. The Labute approximate surface area is 870 Å². The number of carbonyl (C=O) groups is 2. The van der Waals surface area contributed by atoms with Crippen LogP contribution in [0.3, 0.4) is 0 Å². The molecule has 26 rings (SSSR count). The van der Waals surface area contributed by atoms with Gasteiger partial charge in [-0.3, -0.25) is 40.9 Å². The first-order chi connectivity index (χ1) is 67.4. The average molecular weight is 2040 g/mol. The molecule has 18 aliphatic carbocycles. The maximum atomic E-state index is 15.1. The molecule has 2 amide bonds. The molecule has 0 aromatic heterocycles. The number of carbonyl (C=O) groups excluding carboxylic acids is 2. The number of rotatable bonds is 32. The Hall–Kier alpha value is -10.2. The van der Waals surface area contributed by atoms with E-state index in [2.05, 4.69) is 150 Å². The molecule has 780 valence electrons. The third-order valence-electron chi connectivity index (χ3n) is 36.2. The number of nitrogens with one attached hydrogen (secondary N) is 8. The van der Waals surface area contributed by atoms with Crippen molar-refractivity contribution in [3.05, 3.63) is 233 Å². The van der Waals surface area contributed by atoms with Crippen LogP contribution in [0.25, 0.3) is 22.3 Å². The van der Waals surface area contributed by atoms with Gasteiger partial charge in [-0.1, -0.05) is 84.9 Å². The van der Waals surface area contributed by atoms with E-state index in [9.17, 15) is 9.59 Å². The van der Waals surface area contributed by atoms with Gasteiger partial charge in [0, 0.05) is 95.6 Å². The monoisotopic (exact) mass is 2040 g/mol. The van der Waals surface area contributed by atoms with Crippen LogP contribution in [0.15, 0.2) is 155 Å². The van der Waals surface area contributed by atoms with Gasteiger partial charge in [0.1, 0.15) is 37.6 Å². The number of nitrogens with zero attached hydrogens (tertiary/aromatic N) is 3. The first-order valence-electron chi connectivity index (χ1n) is 52.3. The fourth-order valence-electron chi connectivity index (χ4n) is 32.5. The van der Waals surface area contributed by atoms with Gasteiger partial charge < -0.3 is 104 Å². The summed E-state index contributed by atoms with van der Waals surface area (Å²) >= 11 is 13.7. The Balaban J connectivity index is 0.00000251. The van der Waals surface area contributed by atoms with E-state index >= 15 is 9.59 Å². The number of anilines is 2. The van der Waals surface area contributed by atoms with Crippen LogP contribution in [0.1, 0.15) is 260 Å². The Bertz CT molecular complexity index is 5730. The summed E-state index contributed by atoms with van der Waals surface area (Å²) < 4.78 is 36.7. The second-order valence-electron chi connectivity index (χ2n) is 46.1.